The maximum absolute atomic E-state index is 12.4. The number of carbonyl (C=O) groups is 2. The summed E-state index contributed by atoms with van der Waals surface area (Å²) in [6, 6.07) is 5.09. The average molecular weight is 307 g/mol. The highest BCUT2D eigenvalue weighted by Gasteiger charge is 2.31. The van der Waals surface area contributed by atoms with Crippen molar-refractivity contribution in [3.8, 4) is 0 Å². The number of carboxylic acid groups (broad SMARTS) is 1. The standard InChI is InChI=1S/C14H17N3O3S/c1-3-14(4-2,8-12(18)19)15-13(20)9-5-6-10-11(7-9)17-21-16-10/h5-7H,3-4,8H2,1-2H3,(H,15,20)(H,18,19). The second-order valence-electron chi connectivity index (χ2n) is 4.98. The highest BCUT2D eigenvalue weighted by Crippen LogP contribution is 2.32. The summed E-state index contributed by atoms with van der Waals surface area (Å²) >= 11 is 1.09. The molecule has 1 aliphatic rings. The summed E-state index contributed by atoms with van der Waals surface area (Å²) in [6.07, 6.45) is 1.02. The Kier molecular flexibility index (Phi) is 4.52. The van der Waals surface area contributed by atoms with E-state index in [1.807, 2.05) is 13.8 Å². The minimum absolute atomic E-state index is 0.0910. The van der Waals surface area contributed by atoms with Crippen LogP contribution in [0.1, 0.15) is 43.5 Å². The fourth-order valence-electron chi connectivity index (χ4n) is 2.25. The van der Waals surface area contributed by atoms with Gasteiger partial charge in [0.15, 0.2) is 0 Å². The number of hydrogen-bond acceptors (Lipinski definition) is 4. The smallest absolute Gasteiger partial charge is 0.305 e. The number of rotatable bonds is 6. The van der Waals surface area contributed by atoms with Gasteiger partial charge in [0.25, 0.3) is 5.91 Å². The number of fused-ring (bicyclic) bond motifs is 1. The van der Waals surface area contributed by atoms with Crippen molar-refractivity contribution in [2.24, 2.45) is 8.73 Å². The van der Waals surface area contributed by atoms with Gasteiger partial charge >= 0.3 is 5.97 Å². The number of nitrogens with one attached hydrogen (secondary N) is 1. The van der Waals surface area contributed by atoms with Crippen molar-refractivity contribution < 1.29 is 14.7 Å². The minimum atomic E-state index is -0.918. The van der Waals surface area contributed by atoms with Crippen molar-refractivity contribution >= 4 is 34.6 Å². The Balaban J connectivity index is 2.19. The zero-order valence-corrected chi connectivity index (χ0v) is 12.7. The lowest BCUT2D eigenvalue weighted by Gasteiger charge is -2.31. The van der Waals surface area contributed by atoms with Crippen LogP contribution in [-0.4, -0.2) is 22.5 Å². The molecule has 2 N–H and O–H groups in total. The molecule has 1 aromatic rings. The zero-order valence-electron chi connectivity index (χ0n) is 11.9. The van der Waals surface area contributed by atoms with E-state index in [0.717, 1.165) is 17.0 Å². The third kappa shape index (κ3) is 3.36. The predicted octanol–water partition coefficient (Wildman–Crippen LogP) is 3.18. The molecule has 0 spiro atoms. The predicted molar refractivity (Wildman–Crippen MR) is 81.0 cm³/mol. The Hall–Kier alpha value is -2.02. The highest BCUT2D eigenvalue weighted by molar-refractivity contribution is 7.58. The summed E-state index contributed by atoms with van der Waals surface area (Å²) in [5.74, 6) is -1.20. The molecule has 7 heteroatoms. The number of aliphatic carboxylic acids is 1. The quantitative estimate of drug-likeness (QED) is 0.858. The van der Waals surface area contributed by atoms with Crippen molar-refractivity contribution in [3.05, 3.63) is 23.8 Å². The van der Waals surface area contributed by atoms with E-state index in [1.54, 1.807) is 18.2 Å². The van der Waals surface area contributed by atoms with Crippen LogP contribution in [0.2, 0.25) is 0 Å². The van der Waals surface area contributed by atoms with Gasteiger partial charge in [-0.15, -0.1) is 0 Å². The van der Waals surface area contributed by atoms with Gasteiger partial charge in [-0.1, -0.05) is 13.8 Å². The molecule has 0 unspecified atom stereocenters. The van der Waals surface area contributed by atoms with Gasteiger partial charge in [0.2, 0.25) is 0 Å². The molecule has 1 heterocycles. The number of benzene rings is 1. The topological polar surface area (TPSA) is 91.1 Å². The third-order valence-corrected chi connectivity index (χ3v) is 4.29. The second kappa shape index (κ2) is 6.17. The van der Waals surface area contributed by atoms with E-state index >= 15 is 0 Å². The Bertz CT molecular complexity index is 647. The summed E-state index contributed by atoms with van der Waals surface area (Å²) in [4.78, 5) is 23.4. The molecule has 0 bridgehead atoms. The molecule has 1 aromatic carbocycles. The molecule has 0 fully saturated rings. The van der Waals surface area contributed by atoms with Crippen LogP contribution >= 0.6 is 0 Å². The van der Waals surface area contributed by atoms with Gasteiger partial charge in [0.05, 0.1) is 23.3 Å². The van der Waals surface area contributed by atoms with Gasteiger partial charge in [-0.05, 0) is 31.0 Å². The summed E-state index contributed by atoms with van der Waals surface area (Å²) < 4.78 is 8.19. The molecule has 1 amide bonds. The summed E-state index contributed by atoms with van der Waals surface area (Å²) in [7, 11) is 0. The monoisotopic (exact) mass is 307 g/mol. The van der Waals surface area contributed by atoms with Crippen LogP contribution in [0, 0.1) is 0 Å². The Labute approximate surface area is 126 Å². The number of nitrogens with zero attached hydrogens (tertiary/aromatic N) is 2. The Morgan fingerprint density at radius 1 is 1.24 bits per heavy atom. The van der Waals surface area contributed by atoms with E-state index in [0.29, 0.717) is 24.1 Å². The normalized spacial score (nSPS) is 12.7. The van der Waals surface area contributed by atoms with Crippen LogP contribution in [0.25, 0.3) is 0 Å². The third-order valence-electron chi connectivity index (χ3n) is 3.74. The summed E-state index contributed by atoms with van der Waals surface area (Å²) in [6.45, 7) is 3.75. The Morgan fingerprint density at radius 2 is 1.90 bits per heavy atom. The van der Waals surface area contributed by atoms with Crippen LogP contribution in [-0.2, 0) is 16.1 Å². The molecule has 0 saturated carbocycles. The highest BCUT2D eigenvalue weighted by atomic mass is 32.1. The lowest BCUT2D eigenvalue weighted by atomic mass is 9.88. The van der Waals surface area contributed by atoms with Crippen LogP contribution < -0.4 is 5.32 Å². The van der Waals surface area contributed by atoms with Gasteiger partial charge in [0.1, 0.15) is 11.4 Å². The van der Waals surface area contributed by atoms with E-state index in [9.17, 15) is 9.59 Å². The first-order valence-electron chi connectivity index (χ1n) is 6.76. The number of carbonyl (C=O) groups excluding carboxylic acids is 1. The van der Waals surface area contributed by atoms with E-state index in [4.69, 9.17) is 5.11 Å². The van der Waals surface area contributed by atoms with Crippen LogP contribution in [0.5, 0.6) is 0 Å². The molecule has 1 aliphatic heterocycles. The Morgan fingerprint density at radius 3 is 2.52 bits per heavy atom. The van der Waals surface area contributed by atoms with Gasteiger partial charge < -0.3 is 10.4 Å². The fourth-order valence-corrected chi connectivity index (χ4v) is 2.76. The SMILES string of the molecule is CCC(CC)(CC(=O)O)NC(=O)c1ccc2c(c1)N=S=N2. The van der Waals surface area contributed by atoms with Gasteiger partial charge in [-0.2, -0.15) is 8.73 Å². The van der Waals surface area contributed by atoms with Gasteiger partial charge in [0, 0.05) is 5.56 Å². The lowest BCUT2D eigenvalue weighted by Crippen LogP contribution is -2.49. The van der Waals surface area contributed by atoms with Crippen LogP contribution in [0.4, 0.5) is 11.4 Å². The van der Waals surface area contributed by atoms with Crippen LogP contribution in [0.3, 0.4) is 0 Å². The molecule has 6 nitrogen and oxygen atoms in total. The number of carboxylic acids is 1. The zero-order chi connectivity index (χ0) is 15.5. The first-order valence-corrected chi connectivity index (χ1v) is 7.49. The first kappa shape index (κ1) is 15.4. The van der Waals surface area contributed by atoms with Gasteiger partial charge in [-0.3, -0.25) is 9.59 Å². The van der Waals surface area contributed by atoms with E-state index in [-0.39, 0.29) is 12.3 Å². The van der Waals surface area contributed by atoms with Crippen molar-refractivity contribution in [2.45, 2.75) is 38.6 Å². The number of hydrogen-bond donors (Lipinski definition) is 2. The van der Waals surface area contributed by atoms with Crippen molar-refractivity contribution in [1.29, 1.82) is 0 Å². The second-order valence-corrected chi connectivity index (χ2v) is 5.51. The molecule has 0 aliphatic carbocycles. The molecule has 2 rings (SSSR count). The molecule has 21 heavy (non-hydrogen) atoms. The number of amides is 1. The summed E-state index contributed by atoms with van der Waals surface area (Å²) in [5, 5.41) is 11.9. The van der Waals surface area contributed by atoms with E-state index < -0.39 is 11.5 Å². The first-order chi connectivity index (χ1) is 9.99. The van der Waals surface area contributed by atoms with Crippen molar-refractivity contribution in [1.82, 2.24) is 5.32 Å². The largest absolute Gasteiger partial charge is 0.481 e. The average Bonchev–Trinajstić information content (AvgIpc) is 2.93. The van der Waals surface area contributed by atoms with Crippen molar-refractivity contribution in [2.75, 3.05) is 0 Å². The summed E-state index contributed by atoms with van der Waals surface area (Å²) in [5.41, 5.74) is 1.16. The molecule has 0 radical (unpaired) electrons. The van der Waals surface area contributed by atoms with E-state index in [2.05, 4.69) is 14.0 Å². The molecule has 0 saturated heterocycles. The van der Waals surface area contributed by atoms with Gasteiger partial charge in [-0.25, -0.2) is 0 Å². The maximum Gasteiger partial charge on any atom is 0.305 e. The van der Waals surface area contributed by atoms with Crippen LogP contribution in [0.15, 0.2) is 26.9 Å². The minimum Gasteiger partial charge on any atom is -0.481 e. The molecule has 0 aromatic heterocycles. The maximum atomic E-state index is 12.4. The van der Waals surface area contributed by atoms with Crippen molar-refractivity contribution in [3.63, 3.8) is 0 Å². The molecule has 0 atom stereocenters. The molecule has 112 valence electrons. The lowest BCUT2D eigenvalue weighted by molar-refractivity contribution is -0.138. The van der Waals surface area contributed by atoms with E-state index in [1.165, 1.54) is 0 Å². The fraction of sp³-hybridized carbons (Fsp3) is 0.429. The molecular weight excluding hydrogens is 290 g/mol. The molecular formula is C14H17N3O3S.